The summed E-state index contributed by atoms with van der Waals surface area (Å²) >= 11 is 0. The minimum absolute atomic E-state index is 0.111. The number of amides is 1. The summed E-state index contributed by atoms with van der Waals surface area (Å²) in [5, 5.41) is 2.72. The highest BCUT2D eigenvalue weighted by atomic mass is 19.4. The molecule has 0 spiro atoms. The van der Waals surface area contributed by atoms with Crippen LogP contribution in [0, 0.1) is 0 Å². The average Bonchev–Trinajstić information content (AvgIpc) is 2.53. The predicted octanol–water partition coefficient (Wildman–Crippen LogP) is 3.09. The van der Waals surface area contributed by atoms with E-state index in [1.165, 1.54) is 6.20 Å². The van der Waals surface area contributed by atoms with Crippen LogP contribution in [0.15, 0.2) is 48.7 Å². The van der Waals surface area contributed by atoms with Crippen molar-refractivity contribution in [3.05, 3.63) is 65.5 Å². The maximum atomic E-state index is 12.0. The number of nitrogens with one attached hydrogen (secondary N) is 1. The summed E-state index contributed by atoms with van der Waals surface area (Å²) in [7, 11) is 0. The molecule has 0 aliphatic carbocycles. The minimum atomic E-state index is -4.32. The van der Waals surface area contributed by atoms with Crippen molar-refractivity contribution in [1.82, 2.24) is 10.3 Å². The normalized spacial score (nSPS) is 11.3. The van der Waals surface area contributed by atoms with Crippen LogP contribution in [-0.4, -0.2) is 23.7 Å². The molecule has 0 saturated heterocycles. The summed E-state index contributed by atoms with van der Waals surface area (Å²) in [6.45, 7) is -1.08. The number of halogens is 3. The summed E-state index contributed by atoms with van der Waals surface area (Å²) in [5.74, 6) is -0.289. The van der Waals surface area contributed by atoms with Crippen molar-refractivity contribution >= 4 is 5.91 Å². The Kier molecular flexibility index (Phi) is 5.70. The summed E-state index contributed by atoms with van der Waals surface area (Å²) in [5.41, 5.74) is 1.78. The Morgan fingerprint density at radius 2 is 1.78 bits per heavy atom. The number of hydrogen-bond acceptors (Lipinski definition) is 3. The number of pyridine rings is 1. The molecule has 4 nitrogen and oxygen atoms in total. The summed E-state index contributed by atoms with van der Waals surface area (Å²) < 4.78 is 40.5. The summed E-state index contributed by atoms with van der Waals surface area (Å²) in [6, 6.07) is 11.8. The second-order valence-corrected chi connectivity index (χ2v) is 4.82. The van der Waals surface area contributed by atoms with E-state index in [0.717, 1.165) is 5.56 Å². The Morgan fingerprint density at radius 1 is 1.09 bits per heavy atom. The maximum Gasteiger partial charge on any atom is 0.411 e. The molecule has 0 atom stereocenters. The topological polar surface area (TPSA) is 51.2 Å². The fourth-order valence-corrected chi connectivity index (χ4v) is 1.81. The highest BCUT2D eigenvalue weighted by Gasteiger charge is 2.27. The molecule has 0 aliphatic rings. The first-order valence-corrected chi connectivity index (χ1v) is 6.85. The van der Waals surface area contributed by atoms with E-state index in [-0.39, 0.29) is 12.5 Å². The number of hydrogen-bond donors (Lipinski definition) is 1. The van der Waals surface area contributed by atoms with Crippen molar-refractivity contribution in [3.8, 4) is 0 Å². The number of carbonyl (C=O) groups is 1. The highest BCUT2D eigenvalue weighted by molar-refractivity contribution is 5.92. The largest absolute Gasteiger partial charge is 0.411 e. The molecule has 2 rings (SSSR count). The lowest BCUT2D eigenvalue weighted by atomic mass is 10.1. The standard InChI is InChI=1S/C16H15F3N2O2/c17-16(18,19)11-23-10-13-6-4-12(5-7-13)9-21-15(22)14-3-1-2-8-20-14/h1-8H,9-11H2,(H,21,22). The van der Waals surface area contributed by atoms with Crippen LogP contribution in [0.2, 0.25) is 0 Å². The summed E-state index contributed by atoms with van der Waals surface area (Å²) in [6.07, 6.45) is -2.79. The Balaban J connectivity index is 1.80. The summed E-state index contributed by atoms with van der Waals surface area (Å²) in [4.78, 5) is 15.8. The molecule has 1 aromatic heterocycles. The second-order valence-electron chi connectivity index (χ2n) is 4.82. The second kappa shape index (κ2) is 7.73. The first-order chi connectivity index (χ1) is 10.9. The molecule has 122 valence electrons. The van der Waals surface area contributed by atoms with Gasteiger partial charge in [0, 0.05) is 12.7 Å². The van der Waals surface area contributed by atoms with Crippen LogP contribution in [0.25, 0.3) is 0 Å². The zero-order valence-corrected chi connectivity index (χ0v) is 12.1. The van der Waals surface area contributed by atoms with Gasteiger partial charge in [-0.3, -0.25) is 9.78 Å². The van der Waals surface area contributed by atoms with Gasteiger partial charge in [0.15, 0.2) is 0 Å². The number of carbonyl (C=O) groups excluding carboxylic acids is 1. The molecule has 7 heteroatoms. The van der Waals surface area contributed by atoms with E-state index in [2.05, 4.69) is 15.0 Å². The average molecular weight is 324 g/mol. The third kappa shape index (κ3) is 6.07. The molecule has 0 bridgehead atoms. The van der Waals surface area contributed by atoms with Crippen LogP contribution in [0.3, 0.4) is 0 Å². The SMILES string of the molecule is O=C(NCc1ccc(COCC(F)(F)F)cc1)c1ccccn1. The van der Waals surface area contributed by atoms with E-state index >= 15 is 0 Å². The Morgan fingerprint density at radius 3 is 2.39 bits per heavy atom. The number of ether oxygens (including phenoxy) is 1. The van der Waals surface area contributed by atoms with Gasteiger partial charge in [0.1, 0.15) is 12.3 Å². The molecule has 1 heterocycles. The number of rotatable bonds is 6. The highest BCUT2D eigenvalue weighted by Crippen LogP contribution is 2.15. The van der Waals surface area contributed by atoms with Crippen molar-refractivity contribution in [2.24, 2.45) is 0 Å². The van der Waals surface area contributed by atoms with Gasteiger partial charge >= 0.3 is 6.18 Å². The van der Waals surface area contributed by atoms with E-state index in [0.29, 0.717) is 17.8 Å². The molecule has 0 fully saturated rings. The molecular weight excluding hydrogens is 309 g/mol. The van der Waals surface area contributed by atoms with E-state index < -0.39 is 12.8 Å². The van der Waals surface area contributed by atoms with Gasteiger partial charge in [0.05, 0.1) is 6.61 Å². The monoisotopic (exact) mass is 324 g/mol. The lowest BCUT2D eigenvalue weighted by molar-refractivity contribution is -0.176. The molecule has 1 N–H and O–H groups in total. The molecule has 0 unspecified atom stereocenters. The van der Waals surface area contributed by atoms with E-state index in [9.17, 15) is 18.0 Å². The van der Waals surface area contributed by atoms with Crippen LogP contribution in [0.1, 0.15) is 21.6 Å². The van der Waals surface area contributed by atoms with Gasteiger partial charge in [-0.1, -0.05) is 30.3 Å². The lowest BCUT2D eigenvalue weighted by Crippen LogP contribution is -2.23. The Labute approximate surface area is 131 Å². The molecule has 1 aromatic carbocycles. The van der Waals surface area contributed by atoms with Crippen LogP contribution in [0.4, 0.5) is 13.2 Å². The van der Waals surface area contributed by atoms with Crippen LogP contribution in [0.5, 0.6) is 0 Å². The molecule has 0 saturated carbocycles. The van der Waals surface area contributed by atoms with Crippen LogP contribution >= 0.6 is 0 Å². The zero-order chi connectivity index (χ0) is 16.7. The number of aromatic nitrogens is 1. The quantitative estimate of drug-likeness (QED) is 0.888. The molecule has 0 radical (unpaired) electrons. The number of benzene rings is 1. The lowest BCUT2D eigenvalue weighted by Gasteiger charge is -2.08. The smallest absolute Gasteiger partial charge is 0.367 e. The van der Waals surface area contributed by atoms with Crippen molar-refractivity contribution in [2.75, 3.05) is 6.61 Å². The number of nitrogens with zero attached hydrogens (tertiary/aromatic N) is 1. The van der Waals surface area contributed by atoms with Gasteiger partial charge in [0.2, 0.25) is 0 Å². The van der Waals surface area contributed by atoms with E-state index in [4.69, 9.17) is 0 Å². The third-order valence-corrected chi connectivity index (χ3v) is 2.91. The molecule has 23 heavy (non-hydrogen) atoms. The number of alkyl halides is 3. The predicted molar refractivity (Wildman–Crippen MR) is 77.6 cm³/mol. The Bertz CT molecular complexity index is 628. The van der Waals surface area contributed by atoms with Gasteiger partial charge in [-0.15, -0.1) is 0 Å². The first-order valence-electron chi connectivity index (χ1n) is 6.85. The van der Waals surface area contributed by atoms with Crippen molar-refractivity contribution < 1.29 is 22.7 Å². The maximum absolute atomic E-state index is 12.0. The van der Waals surface area contributed by atoms with Gasteiger partial charge in [-0.25, -0.2) is 0 Å². The third-order valence-electron chi connectivity index (χ3n) is 2.91. The van der Waals surface area contributed by atoms with Crippen molar-refractivity contribution in [2.45, 2.75) is 19.3 Å². The Hall–Kier alpha value is -2.41. The molecule has 0 aliphatic heterocycles. The van der Waals surface area contributed by atoms with E-state index in [1.807, 2.05) is 0 Å². The molecule has 2 aromatic rings. The van der Waals surface area contributed by atoms with Gasteiger partial charge in [-0.05, 0) is 23.3 Å². The van der Waals surface area contributed by atoms with E-state index in [1.54, 1.807) is 42.5 Å². The van der Waals surface area contributed by atoms with Gasteiger partial charge in [-0.2, -0.15) is 13.2 Å². The fourth-order valence-electron chi connectivity index (χ4n) is 1.81. The van der Waals surface area contributed by atoms with Crippen LogP contribution < -0.4 is 5.32 Å². The molecule has 1 amide bonds. The van der Waals surface area contributed by atoms with Crippen LogP contribution in [-0.2, 0) is 17.9 Å². The van der Waals surface area contributed by atoms with Crippen molar-refractivity contribution in [1.29, 1.82) is 0 Å². The van der Waals surface area contributed by atoms with Crippen molar-refractivity contribution in [3.63, 3.8) is 0 Å². The molecular formula is C16H15F3N2O2. The zero-order valence-electron chi connectivity index (χ0n) is 12.1. The fraction of sp³-hybridized carbons (Fsp3) is 0.250. The van der Waals surface area contributed by atoms with Gasteiger partial charge in [0.25, 0.3) is 5.91 Å². The minimum Gasteiger partial charge on any atom is -0.367 e. The first kappa shape index (κ1) is 17.0. The van der Waals surface area contributed by atoms with Gasteiger partial charge < -0.3 is 10.1 Å².